The van der Waals surface area contributed by atoms with Crippen LogP contribution in [-0.2, 0) is 0 Å². The molecule has 0 unspecified atom stereocenters. The fraction of sp³-hybridized carbons (Fsp3) is 1.00. The van der Waals surface area contributed by atoms with Gasteiger partial charge in [-0.1, -0.05) is 13.8 Å². The topological polar surface area (TPSA) is 29.3 Å². The molecule has 4 bridgehead atoms. The van der Waals surface area contributed by atoms with E-state index in [2.05, 4.69) is 18.9 Å². The van der Waals surface area contributed by atoms with Crippen molar-refractivity contribution in [2.45, 2.75) is 64.3 Å². The van der Waals surface area contributed by atoms with E-state index in [-0.39, 0.29) is 0 Å². The molecule has 4 saturated carbocycles. The molecule has 2 heteroatoms. The summed E-state index contributed by atoms with van der Waals surface area (Å²) in [6.45, 7) is 5.70. The number of rotatable bonds is 4. The maximum absolute atomic E-state index is 6.45. The smallest absolute Gasteiger partial charge is 0.0359 e. The predicted octanol–water partition coefficient (Wildman–Crippen LogP) is 3.18. The van der Waals surface area contributed by atoms with Crippen molar-refractivity contribution in [1.82, 2.24) is 5.01 Å². The average molecular weight is 236 g/mol. The molecule has 0 aromatic carbocycles. The summed E-state index contributed by atoms with van der Waals surface area (Å²) < 4.78 is 0. The quantitative estimate of drug-likeness (QED) is 0.600. The van der Waals surface area contributed by atoms with Crippen LogP contribution in [0.3, 0.4) is 0 Å². The zero-order valence-electron chi connectivity index (χ0n) is 11.5. The van der Waals surface area contributed by atoms with Crippen molar-refractivity contribution in [3.8, 4) is 0 Å². The van der Waals surface area contributed by atoms with Gasteiger partial charge in [-0.15, -0.1) is 0 Å². The van der Waals surface area contributed by atoms with E-state index >= 15 is 0 Å². The molecule has 0 atom stereocenters. The fourth-order valence-corrected chi connectivity index (χ4v) is 5.05. The van der Waals surface area contributed by atoms with E-state index in [4.69, 9.17) is 5.84 Å². The highest BCUT2D eigenvalue weighted by molar-refractivity contribution is 5.06. The average Bonchev–Trinajstić information content (AvgIpc) is 2.23. The van der Waals surface area contributed by atoms with E-state index in [9.17, 15) is 0 Å². The molecule has 4 aliphatic carbocycles. The molecule has 0 aromatic rings. The lowest BCUT2D eigenvalue weighted by Gasteiger charge is -2.59. The molecule has 4 fully saturated rings. The Morgan fingerprint density at radius 3 is 1.94 bits per heavy atom. The second-order valence-corrected chi connectivity index (χ2v) is 7.52. The zero-order valence-corrected chi connectivity index (χ0v) is 11.5. The van der Waals surface area contributed by atoms with Gasteiger partial charge in [-0.05, 0) is 68.6 Å². The molecule has 2 N–H and O–H groups in total. The molecule has 0 heterocycles. The van der Waals surface area contributed by atoms with E-state index in [1.54, 1.807) is 0 Å². The number of hydrazine groups is 1. The number of hydrogen-bond donors (Lipinski definition) is 1. The zero-order chi connectivity index (χ0) is 12.0. The Bertz CT molecular complexity index is 249. The van der Waals surface area contributed by atoms with Crippen molar-refractivity contribution in [1.29, 1.82) is 0 Å². The van der Waals surface area contributed by atoms with E-state index in [0.717, 1.165) is 30.2 Å². The molecular weight excluding hydrogens is 208 g/mol. The lowest BCUT2D eigenvalue weighted by molar-refractivity contribution is -0.0909. The molecule has 0 spiro atoms. The molecular formula is C15H28N2. The van der Waals surface area contributed by atoms with Crippen molar-refractivity contribution >= 4 is 0 Å². The summed E-state index contributed by atoms with van der Waals surface area (Å²) in [7, 11) is 0. The van der Waals surface area contributed by atoms with E-state index in [1.807, 2.05) is 0 Å². The molecule has 0 aromatic heterocycles. The van der Waals surface area contributed by atoms with Crippen LogP contribution in [-0.4, -0.2) is 17.1 Å². The van der Waals surface area contributed by atoms with Crippen LogP contribution in [0.4, 0.5) is 0 Å². The lowest BCUT2D eigenvalue weighted by Crippen LogP contribution is -2.62. The van der Waals surface area contributed by atoms with Crippen LogP contribution in [0.5, 0.6) is 0 Å². The van der Waals surface area contributed by atoms with Gasteiger partial charge in [0.1, 0.15) is 0 Å². The van der Waals surface area contributed by atoms with Crippen LogP contribution in [0.15, 0.2) is 0 Å². The van der Waals surface area contributed by atoms with Gasteiger partial charge in [0.05, 0.1) is 0 Å². The molecule has 2 nitrogen and oxygen atoms in total. The first-order valence-corrected chi connectivity index (χ1v) is 7.60. The van der Waals surface area contributed by atoms with Gasteiger partial charge in [0.15, 0.2) is 0 Å². The molecule has 4 rings (SSSR count). The number of hydrogen-bond acceptors (Lipinski definition) is 2. The van der Waals surface area contributed by atoms with Crippen molar-refractivity contribution < 1.29 is 0 Å². The summed E-state index contributed by atoms with van der Waals surface area (Å²) in [6.07, 6.45) is 9.97. The van der Waals surface area contributed by atoms with E-state index < -0.39 is 0 Å². The molecule has 4 aliphatic rings. The lowest BCUT2D eigenvalue weighted by atomic mass is 9.53. The molecule has 0 saturated heterocycles. The summed E-state index contributed by atoms with van der Waals surface area (Å²) >= 11 is 0. The van der Waals surface area contributed by atoms with Crippen LogP contribution in [0.2, 0.25) is 0 Å². The van der Waals surface area contributed by atoms with Crippen LogP contribution in [0.1, 0.15) is 58.8 Å². The Labute approximate surface area is 106 Å². The number of nitrogens with two attached hydrogens (primary N) is 1. The first kappa shape index (κ1) is 12.0. The molecule has 0 aliphatic heterocycles. The summed E-state index contributed by atoms with van der Waals surface area (Å²) in [6, 6.07) is 0. The third-order valence-corrected chi connectivity index (χ3v) is 5.56. The van der Waals surface area contributed by atoms with E-state index in [1.165, 1.54) is 44.9 Å². The highest BCUT2D eigenvalue weighted by Crippen LogP contribution is 2.57. The minimum absolute atomic E-state index is 0.406. The third-order valence-electron chi connectivity index (χ3n) is 5.56. The van der Waals surface area contributed by atoms with Gasteiger partial charge in [0.2, 0.25) is 0 Å². The molecule has 17 heavy (non-hydrogen) atoms. The minimum Gasteiger partial charge on any atom is -0.268 e. The standard InChI is InChI=1S/C15H28N2/c1-11(2)3-4-17(16)15-8-12-5-13(9-15)7-14(6-12)10-15/h11-14H,3-10,16H2,1-2H3. The molecule has 0 amide bonds. The van der Waals surface area contributed by atoms with Crippen LogP contribution < -0.4 is 5.84 Å². The molecule has 98 valence electrons. The third kappa shape index (κ3) is 2.15. The largest absolute Gasteiger partial charge is 0.268 e. The van der Waals surface area contributed by atoms with Crippen molar-refractivity contribution in [2.75, 3.05) is 6.54 Å². The Balaban J connectivity index is 1.68. The van der Waals surface area contributed by atoms with E-state index in [0.29, 0.717) is 5.54 Å². The van der Waals surface area contributed by atoms with Gasteiger partial charge in [-0.25, -0.2) is 5.01 Å². The highest BCUT2D eigenvalue weighted by atomic mass is 15.4. The van der Waals surface area contributed by atoms with Gasteiger partial charge < -0.3 is 0 Å². The second kappa shape index (κ2) is 4.24. The SMILES string of the molecule is CC(C)CCN(N)C12CC3CC(CC(C3)C1)C2. The minimum atomic E-state index is 0.406. The predicted molar refractivity (Wildman–Crippen MR) is 71.3 cm³/mol. The Kier molecular flexibility index (Phi) is 2.99. The van der Waals surface area contributed by atoms with Gasteiger partial charge >= 0.3 is 0 Å². The Morgan fingerprint density at radius 1 is 1.06 bits per heavy atom. The Hall–Kier alpha value is -0.0800. The summed E-state index contributed by atoms with van der Waals surface area (Å²) in [4.78, 5) is 0. The highest BCUT2D eigenvalue weighted by Gasteiger charge is 2.52. The van der Waals surface area contributed by atoms with Crippen molar-refractivity contribution in [2.24, 2.45) is 29.5 Å². The summed E-state index contributed by atoms with van der Waals surface area (Å²) in [5, 5.41) is 2.26. The van der Waals surface area contributed by atoms with Gasteiger partial charge in [0, 0.05) is 12.1 Å². The first-order valence-electron chi connectivity index (χ1n) is 7.60. The van der Waals surface area contributed by atoms with Crippen molar-refractivity contribution in [3.05, 3.63) is 0 Å². The maximum Gasteiger partial charge on any atom is 0.0359 e. The number of nitrogens with zero attached hydrogens (tertiary/aromatic N) is 1. The van der Waals surface area contributed by atoms with Gasteiger partial charge in [-0.2, -0.15) is 0 Å². The van der Waals surface area contributed by atoms with Crippen molar-refractivity contribution in [3.63, 3.8) is 0 Å². The summed E-state index contributed by atoms with van der Waals surface area (Å²) in [5.41, 5.74) is 0.406. The second-order valence-electron chi connectivity index (χ2n) is 7.52. The van der Waals surface area contributed by atoms with Crippen LogP contribution in [0.25, 0.3) is 0 Å². The molecule has 0 radical (unpaired) electrons. The van der Waals surface area contributed by atoms with Gasteiger partial charge in [0.25, 0.3) is 0 Å². The first-order chi connectivity index (χ1) is 8.07. The normalized spacial score (nSPS) is 43.9. The monoisotopic (exact) mass is 236 g/mol. The Morgan fingerprint density at radius 2 is 1.53 bits per heavy atom. The fourth-order valence-electron chi connectivity index (χ4n) is 5.05. The van der Waals surface area contributed by atoms with Crippen LogP contribution in [0, 0.1) is 23.7 Å². The van der Waals surface area contributed by atoms with Crippen LogP contribution >= 0.6 is 0 Å². The van der Waals surface area contributed by atoms with Gasteiger partial charge in [-0.3, -0.25) is 5.84 Å². The maximum atomic E-state index is 6.45. The summed E-state index contributed by atoms with van der Waals surface area (Å²) in [5.74, 6) is 10.2.